The average molecular weight is 511 g/mol. The molecule has 0 saturated carbocycles. The largest absolute Gasteiger partial charge is 0.289 e. The molecule has 3 aromatic rings. The Labute approximate surface area is 228 Å². The van der Waals surface area contributed by atoms with E-state index in [0.29, 0.717) is 19.6 Å². The fraction of sp³-hybridized carbons (Fsp3) is 0.424. The summed E-state index contributed by atoms with van der Waals surface area (Å²) in [6.07, 6.45) is 14.2. The minimum Gasteiger partial charge on any atom is -0.289 e. The van der Waals surface area contributed by atoms with E-state index in [1.54, 1.807) is 0 Å². The smallest absolute Gasteiger partial charge is 0.187 e. The van der Waals surface area contributed by atoms with Crippen molar-refractivity contribution in [1.82, 2.24) is 19.9 Å². The second kappa shape index (κ2) is 14.0. The number of nitrogens with zero attached hydrogens (tertiary/aromatic N) is 4. The Bertz CT molecular complexity index is 1160. The number of carbonyl (C=O) groups is 1. The van der Waals surface area contributed by atoms with Gasteiger partial charge < -0.3 is 0 Å². The van der Waals surface area contributed by atoms with Crippen LogP contribution < -0.4 is 0 Å². The Morgan fingerprint density at radius 2 is 1.29 bits per heavy atom. The van der Waals surface area contributed by atoms with Gasteiger partial charge in [0.05, 0.1) is 5.69 Å². The molecule has 2 aromatic carbocycles. The third kappa shape index (κ3) is 7.84. The molecule has 0 bridgehead atoms. The zero-order valence-electron chi connectivity index (χ0n) is 23.3. The lowest BCUT2D eigenvalue weighted by Gasteiger charge is -2.29. The van der Waals surface area contributed by atoms with Crippen LogP contribution in [0.15, 0.2) is 65.9 Å². The third-order valence-electron chi connectivity index (χ3n) is 7.07. The Balaban J connectivity index is 1.58. The van der Waals surface area contributed by atoms with Gasteiger partial charge in [0.1, 0.15) is 0 Å². The minimum atomic E-state index is 0.140. The summed E-state index contributed by atoms with van der Waals surface area (Å²) in [6.45, 7) is 9.31. The molecule has 1 fully saturated rings. The van der Waals surface area contributed by atoms with E-state index in [9.17, 15) is 4.79 Å². The molecular weight excluding hydrogens is 468 g/mol. The Morgan fingerprint density at radius 1 is 0.763 bits per heavy atom. The van der Waals surface area contributed by atoms with Crippen molar-refractivity contribution in [1.29, 1.82) is 0 Å². The zero-order chi connectivity index (χ0) is 26.7. The lowest BCUT2D eigenvalue weighted by atomic mass is 9.93. The van der Waals surface area contributed by atoms with Crippen molar-refractivity contribution in [2.24, 2.45) is 0 Å². The second-order valence-electron chi connectivity index (χ2n) is 10.5. The number of piperidine rings is 1. The lowest BCUT2D eigenvalue weighted by Crippen LogP contribution is -2.37. The van der Waals surface area contributed by atoms with Crippen molar-refractivity contribution in [3.8, 4) is 0 Å². The van der Waals surface area contributed by atoms with Crippen LogP contribution in [0.25, 0.3) is 12.2 Å². The molecule has 0 unspecified atom stereocenters. The summed E-state index contributed by atoms with van der Waals surface area (Å²) >= 11 is 0. The number of likely N-dealkylation sites (tertiary alicyclic amines) is 1. The van der Waals surface area contributed by atoms with Crippen LogP contribution in [0.2, 0.25) is 0 Å². The molecule has 5 heteroatoms. The number of aryl methyl sites for hydroxylation is 3. The molecule has 0 atom stereocenters. The second-order valence-corrected chi connectivity index (χ2v) is 10.5. The summed E-state index contributed by atoms with van der Waals surface area (Å²) in [4.78, 5) is 15.9. The molecule has 1 saturated heterocycles. The molecule has 4 rings (SSSR count). The van der Waals surface area contributed by atoms with Gasteiger partial charge in [0, 0.05) is 43.5 Å². The van der Waals surface area contributed by atoms with Gasteiger partial charge in [-0.05, 0) is 66.5 Å². The number of carbonyl (C=O) groups excluding carboxylic acids is 1. The maximum atomic E-state index is 13.6. The molecule has 1 aliphatic rings. The van der Waals surface area contributed by atoms with Gasteiger partial charge in [0.15, 0.2) is 5.78 Å². The lowest BCUT2D eigenvalue weighted by molar-refractivity contribution is -0.113. The van der Waals surface area contributed by atoms with Crippen LogP contribution in [-0.2, 0) is 30.7 Å². The van der Waals surface area contributed by atoms with E-state index < -0.39 is 0 Å². The number of Topliss-reactive ketones (excluding diaryl/α,β-unsaturated/α-hetero) is 1. The summed E-state index contributed by atoms with van der Waals surface area (Å²) < 4.78 is 1.90. The van der Waals surface area contributed by atoms with Crippen molar-refractivity contribution in [3.05, 3.63) is 93.8 Å². The zero-order valence-corrected chi connectivity index (χ0v) is 23.3. The number of benzene rings is 2. The minimum absolute atomic E-state index is 0.140. The molecule has 0 amide bonds. The summed E-state index contributed by atoms with van der Waals surface area (Å²) in [7, 11) is 0. The van der Waals surface area contributed by atoms with Crippen molar-refractivity contribution < 1.29 is 4.79 Å². The highest BCUT2D eigenvalue weighted by Gasteiger charge is 2.26. The predicted octanol–water partition coefficient (Wildman–Crippen LogP) is 6.93. The highest BCUT2D eigenvalue weighted by molar-refractivity contribution is 6.14. The quantitative estimate of drug-likeness (QED) is 0.248. The molecule has 38 heavy (non-hydrogen) atoms. The van der Waals surface area contributed by atoms with Gasteiger partial charge in [0.25, 0.3) is 0 Å². The number of unbranched alkanes of at least 4 members (excludes halogenated alkanes) is 2. The first-order chi connectivity index (χ1) is 18.6. The van der Waals surface area contributed by atoms with Crippen LogP contribution in [-0.4, -0.2) is 38.8 Å². The van der Waals surface area contributed by atoms with Gasteiger partial charge in [-0.15, -0.1) is 5.10 Å². The van der Waals surface area contributed by atoms with E-state index in [1.807, 2.05) is 10.9 Å². The van der Waals surface area contributed by atoms with Gasteiger partial charge in [-0.1, -0.05) is 87.4 Å². The van der Waals surface area contributed by atoms with E-state index in [1.165, 1.54) is 36.8 Å². The van der Waals surface area contributed by atoms with Crippen molar-refractivity contribution in [2.75, 3.05) is 13.1 Å². The number of hydrogen-bond donors (Lipinski definition) is 0. The summed E-state index contributed by atoms with van der Waals surface area (Å²) in [5.41, 5.74) is 7.43. The molecular formula is C33H42N4O. The monoisotopic (exact) mass is 510 g/mol. The SMILES string of the molecule is CCCCc1ccc(/C=C2/CN(Cc3cn(CCC)nn3)C/C(=C\c3ccc(CCCC)cc3)C2=O)cc1. The highest BCUT2D eigenvalue weighted by atomic mass is 16.1. The average Bonchev–Trinajstić information content (AvgIpc) is 3.37. The van der Waals surface area contributed by atoms with Crippen molar-refractivity contribution in [2.45, 2.75) is 78.8 Å². The van der Waals surface area contributed by atoms with E-state index in [-0.39, 0.29) is 5.78 Å². The first-order valence-electron chi connectivity index (χ1n) is 14.3. The van der Waals surface area contributed by atoms with Gasteiger partial charge in [0.2, 0.25) is 0 Å². The van der Waals surface area contributed by atoms with Crippen molar-refractivity contribution >= 4 is 17.9 Å². The van der Waals surface area contributed by atoms with Crippen LogP contribution in [0.5, 0.6) is 0 Å². The first kappa shape index (κ1) is 27.7. The van der Waals surface area contributed by atoms with Gasteiger partial charge in [-0.3, -0.25) is 14.4 Å². The topological polar surface area (TPSA) is 51.0 Å². The molecule has 2 heterocycles. The number of hydrogen-bond acceptors (Lipinski definition) is 4. The molecule has 5 nitrogen and oxygen atoms in total. The van der Waals surface area contributed by atoms with Gasteiger partial charge in [-0.25, -0.2) is 0 Å². The van der Waals surface area contributed by atoms with E-state index >= 15 is 0 Å². The van der Waals surface area contributed by atoms with Crippen LogP contribution >= 0.6 is 0 Å². The fourth-order valence-electron chi connectivity index (χ4n) is 4.93. The third-order valence-corrected chi connectivity index (χ3v) is 7.07. The molecule has 0 N–H and O–H groups in total. The standard InChI is InChI=1S/C33H42N4O/c1-4-7-9-26-11-15-28(16-12-26)20-30-22-36(24-32-25-37(19-6-3)35-34-32)23-31(33(30)38)21-29-17-13-27(14-18-29)10-8-5-2/h11-18,20-21,25H,4-10,19,22-24H2,1-3H3/b30-20-,31-21+. The molecule has 0 radical (unpaired) electrons. The predicted molar refractivity (Wildman–Crippen MR) is 157 cm³/mol. The van der Waals surface area contributed by atoms with Crippen LogP contribution in [0.4, 0.5) is 0 Å². The summed E-state index contributed by atoms with van der Waals surface area (Å²) in [6, 6.07) is 17.3. The molecule has 1 aliphatic heterocycles. The van der Waals surface area contributed by atoms with E-state index in [0.717, 1.165) is 53.8 Å². The highest BCUT2D eigenvalue weighted by Crippen LogP contribution is 2.24. The molecule has 0 aliphatic carbocycles. The summed E-state index contributed by atoms with van der Waals surface area (Å²) in [5, 5.41) is 8.64. The molecule has 200 valence electrons. The summed E-state index contributed by atoms with van der Waals surface area (Å²) in [5.74, 6) is 0.140. The molecule has 0 spiro atoms. The maximum absolute atomic E-state index is 13.6. The Kier molecular flexibility index (Phi) is 10.2. The number of aromatic nitrogens is 3. The fourth-order valence-corrected chi connectivity index (χ4v) is 4.93. The van der Waals surface area contributed by atoms with E-state index in [2.05, 4.69) is 96.7 Å². The van der Waals surface area contributed by atoms with E-state index in [4.69, 9.17) is 0 Å². The normalized spacial score (nSPS) is 16.6. The maximum Gasteiger partial charge on any atom is 0.187 e. The van der Waals surface area contributed by atoms with Crippen LogP contribution in [0.3, 0.4) is 0 Å². The molecule has 1 aromatic heterocycles. The first-order valence-corrected chi connectivity index (χ1v) is 14.3. The van der Waals surface area contributed by atoms with Crippen molar-refractivity contribution in [3.63, 3.8) is 0 Å². The van der Waals surface area contributed by atoms with Crippen LogP contribution in [0, 0.1) is 0 Å². The Hall–Kier alpha value is -3.31. The van der Waals surface area contributed by atoms with Crippen LogP contribution in [0.1, 0.15) is 80.8 Å². The Morgan fingerprint density at radius 3 is 1.76 bits per heavy atom. The number of ketones is 1. The number of rotatable bonds is 12. The van der Waals surface area contributed by atoms with Gasteiger partial charge in [-0.2, -0.15) is 0 Å². The van der Waals surface area contributed by atoms with Gasteiger partial charge >= 0.3 is 0 Å².